The summed E-state index contributed by atoms with van der Waals surface area (Å²) in [6.07, 6.45) is 3.03. The van der Waals surface area contributed by atoms with Gasteiger partial charge in [-0.15, -0.1) is 0 Å². The maximum Gasteiger partial charge on any atom is 0.330 e. The quantitative estimate of drug-likeness (QED) is 0.775. The third-order valence-electron chi connectivity index (χ3n) is 4.33. The second-order valence-corrected chi connectivity index (χ2v) is 5.90. The van der Waals surface area contributed by atoms with E-state index in [1.807, 2.05) is 6.07 Å². The molecular weight excluding hydrogens is 334 g/mol. The lowest BCUT2D eigenvalue weighted by atomic mass is 10.1. The molecule has 1 atom stereocenters. The highest BCUT2D eigenvalue weighted by Gasteiger charge is 2.38. The first-order valence-corrected chi connectivity index (χ1v) is 8.25. The maximum atomic E-state index is 12.8. The molecule has 1 aliphatic heterocycles. The SMILES string of the molecule is COC(=O)C1CN(C(=O)c2ccccc2)CCN1C(=O)c1cccnc1. The van der Waals surface area contributed by atoms with E-state index in [0.717, 1.165) is 0 Å². The average molecular weight is 353 g/mol. The third-order valence-corrected chi connectivity index (χ3v) is 4.33. The molecule has 0 radical (unpaired) electrons. The van der Waals surface area contributed by atoms with Crippen LogP contribution < -0.4 is 0 Å². The van der Waals surface area contributed by atoms with Gasteiger partial charge in [0.25, 0.3) is 11.8 Å². The Bertz CT molecular complexity index is 795. The molecule has 134 valence electrons. The van der Waals surface area contributed by atoms with Crippen molar-refractivity contribution >= 4 is 17.8 Å². The first-order chi connectivity index (χ1) is 12.6. The fraction of sp³-hybridized carbons (Fsp3) is 0.263. The second-order valence-electron chi connectivity index (χ2n) is 5.90. The van der Waals surface area contributed by atoms with Crippen LogP contribution in [0.4, 0.5) is 0 Å². The van der Waals surface area contributed by atoms with E-state index in [1.54, 1.807) is 47.5 Å². The molecule has 0 aliphatic carbocycles. The lowest BCUT2D eigenvalue weighted by molar-refractivity contribution is -0.147. The van der Waals surface area contributed by atoms with Crippen LogP contribution in [0, 0.1) is 0 Å². The molecule has 26 heavy (non-hydrogen) atoms. The molecule has 1 aromatic heterocycles. The smallest absolute Gasteiger partial charge is 0.330 e. The highest BCUT2D eigenvalue weighted by molar-refractivity contribution is 5.98. The number of ether oxygens (including phenoxy) is 1. The number of piperazine rings is 1. The summed E-state index contributed by atoms with van der Waals surface area (Å²) in [4.78, 5) is 44.6. The number of aromatic nitrogens is 1. The third kappa shape index (κ3) is 3.56. The number of pyridine rings is 1. The van der Waals surface area contributed by atoms with Crippen molar-refractivity contribution < 1.29 is 19.1 Å². The standard InChI is InChI=1S/C19H19N3O4/c1-26-19(25)16-13-21(17(23)14-6-3-2-4-7-14)10-11-22(16)18(24)15-8-5-9-20-12-15/h2-9,12,16H,10-11,13H2,1H3. The van der Waals surface area contributed by atoms with Crippen molar-refractivity contribution in [3.63, 3.8) is 0 Å². The molecule has 0 saturated carbocycles. The van der Waals surface area contributed by atoms with Gasteiger partial charge in [0.2, 0.25) is 0 Å². The van der Waals surface area contributed by atoms with Crippen LogP contribution in [0.15, 0.2) is 54.9 Å². The topological polar surface area (TPSA) is 79.8 Å². The van der Waals surface area contributed by atoms with E-state index in [0.29, 0.717) is 17.7 Å². The summed E-state index contributed by atoms with van der Waals surface area (Å²) in [6, 6.07) is 11.3. The number of benzene rings is 1. The van der Waals surface area contributed by atoms with Crippen molar-refractivity contribution in [3.8, 4) is 0 Å². The zero-order valence-electron chi connectivity index (χ0n) is 14.4. The van der Waals surface area contributed by atoms with Gasteiger partial charge in [0.05, 0.1) is 19.2 Å². The number of esters is 1. The van der Waals surface area contributed by atoms with Crippen molar-refractivity contribution in [1.82, 2.24) is 14.8 Å². The van der Waals surface area contributed by atoms with Crippen LogP contribution in [0.3, 0.4) is 0 Å². The van der Waals surface area contributed by atoms with Crippen LogP contribution >= 0.6 is 0 Å². The Hall–Kier alpha value is -3.22. The predicted molar refractivity (Wildman–Crippen MR) is 93.4 cm³/mol. The highest BCUT2D eigenvalue weighted by atomic mass is 16.5. The van der Waals surface area contributed by atoms with Crippen molar-refractivity contribution in [2.24, 2.45) is 0 Å². The highest BCUT2D eigenvalue weighted by Crippen LogP contribution is 2.17. The Balaban J connectivity index is 1.81. The molecule has 0 bridgehead atoms. The summed E-state index contributed by atoms with van der Waals surface area (Å²) in [5.41, 5.74) is 0.937. The van der Waals surface area contributed by atoms with Gasteiger partial charge in [0.15, 0.2) is 0 Å². The lowest BCUT2D eigenvalue weighted by Gasteiger charge is -2.39. The number of methoxy groups -OCH3 is 1. The van der Waals surface area contributed by atoms with Gasteiger partial charge in [0, 0.05) is 31.0 Å². The minimum absolute atomic E-state index is 0.0897. The van der Waals surface area contributed by atoms with Gasteiger partial charge in [-0.05, 0) is 24.3 Å². The molecule has 7 nitrogen and oxygen atoms in total. The van der Waals surface area contributed by atoms with Gasteiger partial charge >= 0.3 is 5.97 Å². The molecule has 3 rings (SSSR count). The van der Waals surface area contributed by atoms with Crippen molar-refractivity contribution in [2.75, 3.05) is 26.7 Å². The Kier molecular flexibility index (Phi) is 5.26. The molecule has 2 heterocycles. The summed E-state index contributed by atoms with van der Waals surface area (Å²) >= 11 is 0. The first-order valence-electron chi connectivity index (χ1n) is 8.25. The van der Waals surface area contributed by atoms with E-state index in [-0.39, 0.29) is 24.9 Å². The van der Waals surface area contributed by atoms with Crippen LogP contribution in [0.5, 0.6) is 0 Å². The van der Waals surface area contributed by atoms with Gasteiger partial charge in [-0.25, -0.2) is 4.79 Å². The zero-order chi connectivity index (χ0) is 18.5. The molecule has 1 aromatic carbocycles. The predicted octanol–water partition coefficient (Wildman–Crippen LogP) is 1.22. The number of nitrogens with zero attached hydrogens (tertiary/aromatic N) is 3. The molecule has 1 unspecified atom stereocenters. The molecule has 1 saturated heterocycles. The van der Waals surface area contributed by atoms with Gasteiger partial charge in [0.1, 0.15) is 6.04 Å². The average Bonchev–Trinajstić information content (AvgIpc) is 2.73. The largest absolute Gasteiger partial charge is 0.467 e. The summed E-state index contributed by atoms with van der Waals surface area (Å²) in [7, 11) is 1.27. The minimum atomic E-state index is -0.853. The molecule has 1 aliphatic rings. The summed E-state index contributed by atoms with van der Waals surface area (Å²) in [6.45, 7) is 0.672. The number of amides is 2. The zero-order valence-corrected chi connectivity index (χ0v) is 14.4. The monoisotopic (exact) mass is 353 g/mol. The van der Waals surface area contributed by atoms with Crippen LogP contribution in [0.1, 0.15) is 20.7 Å². The van der Waals surface area contributed by atoms with E-state index in [4.69, 9.17) is 4.74 Å². The van der Waals surface area contributed by atoms with Crippen molar-refractivity contribution in [3.05, 3.63) is 66.0 Å². The Morgan fingerprint density at radius 3 is 2.38 bits per heavy atom. The lowest BCUT2D eigenvalue weighted by Crippen LogP contribution is -2.59. The van der Waals surface area contributed by atoms with E-state index in [9.17, 15) is 14.4 Å². The Morgan fingerprint density at radius 1 is 1.00 bits per heavy atom. The second kappa shape index (κ2) is 7.77. The van der Waals surface area contributed by atoms with Crippen LogP contribution in [0.25, 0.3) is 0 Å². The minimum Gasteiger partial charge on any atom is -0.467 e. The van der Waals surface area contributed by atoms with Crippen LogP contribution in [-0.2, 0) is 9.53 Å². The van der Waals surface area contributed by atoms with Gasteiger partial charge in [-0.2, -0.15) is 0 Å². The van der Waals surface area contributed by atoms with Crippen LogP contribution in [-0.4, -0.2) is 65.4 Å². The fourth-order valence-electron chi connectivity index (χ4n) is 2.97. The number of hydrogen-bond donors (Lipinski definition) is 0. The number of carbonyl (C=O) groups is 3. The molecular formula is C19H19N3O4. The Morgan fingerprint density at radius 2 is 1.73 bits per heavy atom. The number of hydrogen-bond acceptors (Lipinski definition) is 5. The molecule has 1 fully saturated rings. The summed E-state index contributed by atoms with van der Waals surface area (Å²) < 4.78 is 4.85. The van der Waals surface area contributed by atoms with Crippen molar-refractivity contribution in [1.29, 1.82) is 0 Å². The van der Waals surface area contributed by atoms with E-state index < -0.39 is 12.0 Å². The van der Waals surface area contributed by atoms with Gasteiger partial charge in [-0.1, -0.05) is 18.2 Å². The first kappa shape index (κ1) is 17.6. The molecule has 2 aromatic rings. The van der Waals surface area contributed by atoms with Gasteiger partial charge < -0.3 is 14.5 Å². The van der Waals surface area contributed by atoms with E-state index in [2.05, 4.69) is 4.98 Å². The molecule has 0 spiro atoms. The van der Waals surface area contributed by atoms with E-state index >= 15 is 0 Å². The van der Waals surface area contributed by atoms with Gasteiger partial charge in [-0.3, -0.25) is 14.6 Å². The van der Waals surface area contributed by atoms with Crippen molar-refractivity contribution in [2.45, 2.75) is 6.04 Å². The summed E-state index contributed by atoms with van der Waals surface area (Å²) in [5, 5.41) is 0. The molecule has 7 heteroatoms. The summed E-state index contributed by atoms with van der Waals surface area (Å²) in [5.74, 6) is -1.03. The van der Waals surface area contributed by atoms with Crippen LogP contribution in [0.2, 0.25) is 0 Å². The molecule has 2 amide bonds. The molecule has 0 N–H and O–H groups in total. The normalized spacial score (nSPS) is 16.9. The van der Waals surface area contributed by atoms with E-state index in [1.165, 1.54) is 18.2 Å². The number of carbonyl (C=O) groups excluding carboxylic acids is 3. The Labute approximate surface area is 151 Å². The fourth-order valence-corrected chi connectivity index (χ4v) is 2.97. The number of rotatable bonds is 3. The maximum absolute atomic E-state index is 12.8.